The van der Waals surface area contributed by atoms with Gasteiger partial charge >= 0.3 is 0 Å². The summed E-state index contributed by atoms with van der Waals surface area (Å²) < 4.78 is 26.9. The number of benzene rings is 2. The molecule has 0 bridgehead atoms. The SMILES string of the molecule is CCN(c1ccccc1)S(=O)(=O)c1ccc(CNC)cc1. The summed E-state index contributed by atoms with van der Waals surface area (Å²) in [5, 5.41) is 3.04. The molecule has 0 aliphatic heterocycles. The highest BCUT2D eigenvalue weighted by atomic mass is 32.2. The Morgan fingerprint density at radius 2 is 1.62 bits per heavy atom. The molecule has 0 amide bonds. The summed E-state index contributed by atoms with van der Waals surface area (Å²) in [7, 11) is -1.66. The molecule has 0 unspecified atom stereocenters. The normalized spacial score (nSPS) is 11.3. The molecule has 21 heavy (non-hydrogen) atoms. The first-order valence-electron chi connectivity index (χ1n) is 6.91. The van der Waals surface area contributed by atoms with Crippen LogP contribution < -0.4 is 9.62 Å². The second kappa shape index (κ2) is 6.74. The molecule has 2 aromatic rings. The van der Waals surface area contributed by atoms with Gasteiger partial charge in [-0.3, -0.25) is 4.31 Å². The highest BCUT2D eigenvalue weighted by Crippen LogP contribution is 2.23. The van der Waals surface area contributed by atoms with Crippen molar-refractivity contribution in [1.29, 1.82) is 0 Å². The number of para-hydroxylation sites is 1. The predicted octanol–water partition coefficient (Wildman–Crippen LogP) is 2.62. The van der Waals surface area contributed by atoms with E-state index in [1.807, 2.05) is 44.3 Å². The Bertz CT molecular complexity index is 667. The van der Waals surface area contributed by atoms with E-state index >= 15 is 0 Å². The molecule has 0 atom stereocenters. The van der Waals surface area contributed by atoms with Crippen molar-refractivity contribution in [2.45, 2.75) is 18.4 Å². The summed E-state index contributed by atoms with van der Waals surface area (Å²) >= 11 is 0. The summed E-state index contributed by atoms with van der Waals surface area (Å²) in [5.41, 5.74) is 1.73. The van der Waals surface area contributed by atoms with Crippen LogP contribution in [0.2, 0.25) is 0 Å². The molecule has 1 N–H and O–H groups in total. The first-order valence-corrected chi connectivity index (χ1v) is 8.35. The monoisotopic (exact) mass is 304 g/mol. The Morgan fingerprint density at radius 1 is 1.00 bits per heavy atom. The summed E-state index contributed by atoms with van der Waals surface area (Å²) in [6.07, 6.45) is 0. The molecular formula is C16H20N2O2S. The van der Waals surface area contributed by atoms with Crippen LogP contribution in [0.3, 0.4) is 0 Å². The highest BCUT2D eigenvalue weighted by molar-refractivity contribution is 7.92. The fraction of sp³-hybridized carbons (Fsp3) is 0.250. The summed E-state index contributed by atoms with van der Waals surface area (Å²) in [6, 6.07) is 16.1. The van der Waals surface area contributed by atoms with Crippen molar-refractivity contribution in [3.63, 3.8) is 0 Å². The van der Waals surface area contributed by atoms with Gasteiger partial charge in [0.25, 0.3) is 10.0 Å². The minimum Gasteiger partial charge on any atom is -0.316 e. The zero-order valence-electron chi connectivity index (χ0n) is 12.3. The summed E-state index contributed by atoms with van der Waals surface area (Å²) in [6.45, 7) is 2.95. The van der Waals surface area contributed by atoms with E-state index in [0.29, 0.717) is 17.1 Å². The van der Waals surface area contributed by atoms with E-state index in [2.05, 4.69) is 5.32 Å². The topological polar surface area (TPSA) is 49.4 Å². The number of hydrogen-bond donors (Lipinski definition) is 1. The van der Waals surface area contributed by atoms with E-state index in [-0.39, 0.29) is 0 Å². The maximum atomic E-state index is 12.7. The predicted molar refractivity (Wildman–Crippen MR) is 85.9 cm³/mol. The van der Waals surface area contributed by atoms with Crippen LogP contribution in [0, 0.1) is 0 Å². The molecule has 0 aliphatic rings. The van der Waals surface area contributed by atoms with Crippen LogP contribution in [0.25, 0.3) is 0 Å². The Morgan fingerprint density at radius 3 is 2.14 bits per heavy atom. The molecule has 0 heterocycles. The van der Waals surface area contributed by atoms with Crippen molar-refractivity contribution in [3.05, 3.63) is 60.2 Å². The summed E-state index contributed by atoms with van der Waals surface area (Å²) in [5.74, 6) is 0. The van der Waals surface area contributed by atoms with Gasteiger partial charge in [-0.15, -0.1) is 0 Å². The van der Waals surface area contributed by atoms with Crippen LogP contribution in [0.5, 0.6) is 0 Å². The molecule has 0 saturated carbocycles. The van der Waals surface area contributed by atoms with Crippen LogP contribution in [-0.2, 0) is 16.6 Å². The van der Waals surface area contributed by atoms with Gasteiger partial charge < -0.3 is 5.32 Å². The lowest BCUT2D eigenvalue weighted by Gasteiger charge is -2.23. The quantitative estimate of drug-likeness (QED) is 0.892. The zero-order valence-corrected chi connectivity index (χ0v) is 13.1. The molecule has 0 fully saturated rings. The second-order valence-corrected chi connectivity index (χ2v) is 6.54. The lowest BCUT2D eigenvalue weighted by Crippen LogP contribution is -2.30. The Kier molecular flexibility index (Phi) is 4.98. The van der Waals surface area contributed by atoms with Crippen LogP contribution >= 0.6 is 0 Å². The van der Waals surface area contributed by atoms with Crippen LogP contribution in [0.4, 0.5) is 5.69 Å². The van der Waals surface area contributed by atoms with Crippen molar-refractivity contribution < 1.29 is 8.42 Å². The van der Waals surface area contributed by atoms with E-state index in [9.17, 15) is 8.42 Å². The van der Waals surface area contributed by atoms with Gasteiger partial charge in [0.05, 0.1) is 10.6 Å². The van der Waals surface area contributed by atoms with Crippen molar-refractivity contribution in [2.24, 2.45) is 0 Å². The molecule has 0 aliphatic carbocycles. The van der Waals surface area contributed by atoms with Crippen LogP contribution in [0.15, 0.2) is 59.5 Å². The van der Waals surface area contributed by atoms with Gasteiger partial charge in [-0.2, -0.15) is 0 Å². The molecule has 2 rings (SSSR count). The maximum absolute atomic E-state index is 12.7. The summed E-state index contributed by atoms with van der Waals surface area (Å²) in [4.78, 5) is 0.313. The molecule has 0 spiro atoms. The fourth-order valence-electron chi connectivity index (χ4n) is 2.20. The van der Waals surface area contributed by atoms with Gasteiger partial charge in [-0.1, -0.05) is 30.3 Å². The van der Waals surface area contributed by atoms with Gasteiger partial charge in [0.2, 0.25) is 0 Å². The standard InChI is InChI=1S/C16H20N2O2S/c1-3-18(15-7-5-4-6-8-15)21(19,20)16-11-9-14(10-12-16)13-17-2/h4-12,17H,3,13H2,1-2H3. The van der Waals surface area contributed by atoms with Gasteiger partial charge in [0, 0.05) is 13.1 Å². The van der Waals surface area contributed by atoms with Gasteiger partial charge in [-0.05, 0) is 43.8 Å². The Labute approximate surface area is 126 Å². The molecule has 112 valence electrons. The lowest BCUT2D eigenvalue weighted by molar-refractivity contribution is 0.592. The van der Waals surface area contributed by atoms with Crippen molar-refractivity contribution in [3.8, 4) is 0 Å². The largest absolute Gasteiger partial charge is 0.316 e. The van der Waals surface area contributed by atoms with Gasteiger partial charge in [-0.25, -0.2) is 8.42 Å². The average molecular weight is 304 g/mol. The first kappa shape index (κ1) is 15.5. The van der Waals surface area contributed by atoms with Gasteiger partial charge in [0.1, 0.15) is 0 Å². The number of anilines is 1. The molecular weight excluding hydrogens is 284 g/mol. The number of rotatable bonds is 6. The molecule has 4 nitrogen and oxygen atoms in total. The van der Waals surface area contributed by atoms with Crippen LogP contribution in [0.1, 0.15) is 12.5 Å². The average Bonchev–Trinajstić information content (AvgIpc) is 2.50. The third kappa shape index (κ3) is 3.43. The van der Waals surface area contributed by atoms with E-state index < -0.39 is 10.0 Å². The van der Waals surface area contributed by atoms with E-state index in [1.165, 1.54) is 4.31 Å². The first-order chi connectivity index (χ1) is 10.1. The van der Waals surface area contributed by atoms with Crippen molar-refractivity contribution >= 4 is 15.7 Å². The minimum atomic E-state index is -3.52. The van der Waals surface area contributed by atoms with E-state index in [0.717, 1.165) is 12.1 Å². The third-order valence-electron chi connectivity index (χ3n) is 3.22. The fourth-order valence-corrected chi connectivity index (χ4v) is 3.67. The van der Waals surface area contributed by atoms with Crippen LogP contribution in [-0.4, -0.2) is 22.0 Å². The van der Waals surface area contributed by atoms with E-state index in [1.54, 1.807) is 24.3 Å². The molecule has 0 saturated heterocycles. The number of sulfonamides is 1. The molecule has 0 radical (unpaired) electrons. The van der Waals surface area contributed by atoms with E-state index in [4.69, 9.17) is 0 Å². The second-order valence-electron chi connectivity index (χ2n) is 4.68. The lowest BCUT2D eigenvalue weighted by atomic mass is 10.2. The van der Waals surface area contributed by atoms with Crippen molar-refractivity contribution in [1.82, 2.24) is 5.32 Å². The Balaban J connectivity index is 2.35. The zero-order chi connectivity index (χ0) is 15.3. The molecule has 2 aromatic carbocycles. The smallest absolute Gasteiger partial charge is 0.264 e. The third-order valence-corrected chi connectivity index (χ3v) is 5.14. The van der Waals surface area contributed by atoms with Gasteiger partial charge in [0.15, 0.2) is 0 Å². The molecule has 5 heteroatoms. The number of nitrogens with zero attached hydrogens (tertiary/aromatic N) is 1. The number of hydrogen-bond acceptors (Lipinski definition) is 3. The van der Waals surface area contributed by atoms with Crippen molar-refractivity contribution in [2.75, 3.05) is 17.9 Å². The highest BCUT2D eigenvalue weighted by Gasteiger charge is 2.23. The number of nitrogens with one attached hydrogen (secondary N) is 1. The minimum absolute atomic E-state index is 0.313. The Hall–Kier alpha value is -1.85. The molecule has 0 aromatic heterocycles. The maximum Gasteiger partial charge on any atom is 0.264 e.